The highest BCUT2D eigenvalue weighted by atomic mass is 32.2. The molecule has 2 saturated heterocycles. The van der Waals surface area contributed by atoms with Crippen LogP contribution >= 0.6 is 11.3 Å². The van der Waals surface area contributed by atoms with E-state index in [1.54, 1.807) is 12.1 Å². The highest BCUT2D eigenvalue weighted by Crippen LogP contribution is 2.30. The van der Waals surface area contributed by atoms with Gasteiger partial charge < -0.3 is 10.5 Å². The molecule has 0 radical (unpaired) electrons. The van der Waals surface area contributed by atoms with Crippen LogP contribution in [-0.4, -0.2) is 70.6 Å². The Morgan fingerprint density at radius 1 is 1.15 bits per heavy atom. The lowest BCUT2D eigenvalue weighted by Gasteiger charge is -2.39. The number of thiophene rings is 1. The fourth-order valence-electron chi connectivity index (χ4n) is 3.71. The first-order chi connectivity index (χ1) is 12.7. The van der Waals surface area contributed by atoms with Crippen molar-refractivity contribution >= 4 is 31.4 Å². The quantitative estimate of drug-likeness (QED) is 0.695. The predicted octanol–water partition coefficient (Wildman–Crippen LogP) is 0.516. The second-order valence-corrected chi connectivity index (χ2v) is 12.6. The molecule has 3 heterocycles. The Hall–Kier alpha value is -0.560. The third-order valence-electron chi connectivity index (χ3n) is 4.94. The van der Waals surface area contributed by atoms with Gasteiger partial charge in [-0.15, -0.1) is 11.3 Å². The van der Waals surface area contributed by atoms with Gasteiger partial charge in [-0.05, 0) is 30.4 Å². The van der Waals surface area contributed by atoms with Crippen molar-refractivity contribution < 1.29 is 21.6 Å². The van der Waals surface area contributed by atoms with Gasteiger partial charge >= 0.3 is 0 Å². The summed E-state index contributed by atoms with van der Waals surface area (Å²) in [5.41, 5.74) is 5.57. The van der Waals surface area contributed by atoms with Crippen LogP contribution in [0.25, 0.3) is 0 Å². The van der Waals surface area contributed by atoms with E-state index >= 15 is 0 Å². The lowest BCUT2D eigenvalue weighted by atomic mass is 9.93. The van der Waals surface area contributed by atoms with Crippen LogP contribution in [0.15, 0.2) is 16.3 Å². The average molecular weight is 438 g/mol. The predicted molar refractivity (Wildman–Crippen MR) is 104 cm³/mol. The minimum atomic E-state index is -3.59. The Balaban J connectivity index is 1.73. The van der Waals surface area contributed by atoms with Crippen LogP contribution in [0.2, 0.25) is 0 Å². The molecule has 2 fully saturated rings. The summed E-state index contributed by atoms with van der Waals surface area (Å²) in [5.74, 6) is -0.160. The number of piperidine rings is 1. The van der Waals surface area contributed by atoms with Crippen molar-refractivity contribution in [3.63, 3.8) is 0 Å². The molecule has 0 unspecified atom stereocenters. The Morgan fingerprint density at radius 3 is 2.48 bits per heavy atom. The molecule has 0 amide bonds. The molecule has 2 N–H and O–H groups in total. The van der Waals surface area contributed by atoms with E-state index in [0.717, 1.165) is 4.88 Å². The molecule has 0 spiro atoms. The van der Waals surface area contributed by atoms with Crippen molar-refractivity contribution in [1.82, 2.24) is 8.61 Å². The van der Waals surface area contributed by atoms with Crippen LogP contribution in [-0.2, 0) is 31.3 Å². The number of nitrogens with zero attached hydrogens (tertiary/aromatic N) is 2. The maximum absolute atomic E-state index is 12.9. The van der Waals surface area contributed by atoms with Gasteiger partial charge in [-0.25, -0.2) is 8.42 Å². The molecular formula is C16H27N3O5S3. The number of sulfone groups is 1. The summed E-state index contributed by atoms with van der Waals surface area (Å²) >= 11 is 1.19. The van der Waals surface area contributed by atoms with E-state index in [9.17, 15) is 16.8 Å². The molecule has 0 bridgehead atoms. The summed E-state index contributed by atoms with van der Waals surface area (Å²) in [6.45, 7) is 4.40. The normalized spacial score (nSPS) is 26.3. The zero-order valence-corrected chi connectivity index (χ0v) is 17.9. The van der Waals surface area contributed by atoms with Gasteiger partial charge in [0.05, 0.1) is 19.0 Å². The van der Waals surface area contributed by atoms with E-state index < -0.39 is 20.0 Å². The van der Waals surface area contributed by atoms with Crippen LogP contribution in [0, 0.1) is 11.8 Å². The molecule has 3 rings (SSSR count). The third-order valence-corrected chi connectivity index (χ3v) is 10.5. The number of morpholine rings is 1. The van der Waals surface area contributed by atoms with Crippen LogP contribution in [0.1, 0.15) is 18.2 Å². The molecule has 2 atom stereocenters. The minimum Gasteiger partial charge on any atom is -0.379 e. The second kappa shape index (κ2) is 8.44. The smallest absolute Gasteiger partial charge is 0.282 e. The van der Waals surface area contributed by atoms with Gasteiger partial charge in [0, 0.05) is 37.6 Å². The summed E-state index contributed by atoms with van der Waals surface area (Å²) in [7, 11) is -7.05. The molecule has 27 heavy (non-hydrogen) atoms. The Morgan fingerprint density at radius 2 is 1.85 bits per heavy atom. The van der Waals surface area contributed by atoms with Crippen molar-refractivity contribution in [1.29, 1.82) is 0 Å². The number of hydrogen-bond acceptors (Lipinski definition) is 7. The minimum absolute atomic E-state index is 0.0446. The summed E-state index contributed by atoms with van der Waals surface area (Å²) < 4.78 is 59.9. The average Bonchev–Trinajstić information content (AvgIpc) is 3.12. The van der Waals surface area contributed by atoms with Gasteiger partial charge in [-0.2, -0.15) is 17.0 Å². The van der Waals surface area contributed by atoms with Gasteiger partial charge in [0.25, 0.3) is 10.2 Å². The maximum Gasteiger partial charge on any atom is 0.282 e. The van der Waals surface area contributed by atoms with Crippen molar-refractivity contribution in [3.05, 3.63) is 17.0 Å². The highest BCUT2D eigenvalue weighted by Gasteiger charge is 2.38. The standard InChI is InChI=1S/C16H27N3O5S3/c1-13-8-14(12-26(20,21)16-3-2-15(9-17)25-16)11-19(10-13)27(22,23)18-4-6-24-7-5-18/h2-3,13-14H,4-12,17H2,1H3/t13-,14+/m1/s1. The van der Waals surface area contributed by atoms with Gasteiger partial charge in [0.2, 0.25) is 0 Å². The Kier molecular flexibility index (Phi) is 6.61. The molecule has 0 aliphatic carbocycles. The Labute approximate surface area is 165 Å². The van der Waals surface area contributed by atoms with E-state index in [0.29, 0.717) is 50.0 Å². The van der Waals surface area contributed by atoms with E-state index in [1.807, 2.05) is 6.92 Å². The summed E-state index contributed by atoms with van der Waals surface area (Å²) in [4.78, 5) is 0.821. The van der Waals surface area contributed by atoms with E-state index in [-0.39, 0.29) is 24.1 Å². The van der Waals surface area contributed by atoms with E-state index in [2.05, 4.69) is 0 Å². The summed E-state index contributed by atoms with van der Waals surface area (Å²) in [5, 5.41) is 0. The molecule has 154 valence electrons. The zero-order chi connectivity index (χ0) is 19.7. The molecule has 1 aromatic rings. The zero-order valence-electron chi connectivity index (χ0n) is 15.4. The van der Waals surface area contributed by atoms with Crippen molar-refractivity contribution in [2.45, 2.75) is 24.1 Å². The highest BCUT2D eigenvalue weighted by molar-refractivity contribution is 7.93. The molecule has 2 aliphatic heterocycles. The first kappa shape index (κ1) is 21.2. The summed E-state index contributed by atoms with van der Waals surface area (Å²) in [6.07, 6.45) is 0.698. The topological polar surface area (TPSA) is 110 Å². The third kappa shape index (κ3) is 4.89. The summed E-state index contributed by atoms with van der Waals surface area (Å²) in [6, 6.07) is 3.33. The van der Waals surface area contributed by atoms with Crippen LogP contribution in [0.4, 0.5) is 0 Å². The molecule has 1 aromatic heterocycles. The van der Waals surface area contributed by atoms with E-state index in [1.165, 1.54) is 19.9 Å². The lowest BCUT2D eigenvalue weighted by Crippen LogP contribution is -2.53. The monoisotopic (exact) mass is 437 g/mol. The van der Waals surface area contributed by atoms with Gasteiger partial charge in [0.15, 0.2) is 9.84 Å². The maximum atomic E-state index is 12.9. The number of nitrogens with two attached hydrogens (primary N) is 1. The molecule has 0 saturated carbocycles. The second-order valence-electron chi connectivity index (χ2n) is 7.25. The van der Waals surface area contributed by atoms with Gasteiger partial charge in [-0.3, -0.25) is 0 Å². The van der Waals surface area contributed by atoms with Crippen LogP contribution < -0.4 is 5.73 Å². The first-order valence-corrected chi connectivity index (χ1v) is 12.9. The van der Waals surface area contributed by atoms with Gasteiger partial charge in [0.1, 0.15) is 4.21 Å². The van der Waals surface area contributed by atoms with Crippen LogP contribution in [0.3, 0.4) is 0 Å². The molecule has 0 aromatic carbocycles. The largest absolute Gasteiger partial charge is 0.379 e. The molecule has 2 aliphatic rings. The van der Waals surface area contributed by atoms with Crippen molar-refractivity contribution in [2.75, 3.05) is 45.1 Å². The number of rotatable bonds is 6. The van der Waals surface area contributed by atoms with Crippen molar-refractivity contribution in [3.8, 4) is 0 Å². The number of hydrogen-bond donors (Lipinski definition) is 1. The van der Waals surface area contributed by atoms with Gasteiger partial charge in [-0.1, -0.05) is 6.92 Å². The molecular weight excluding hydrogens is 410 g/mol. The lowest BCUT2D eigenvalue weighted by molar-refractivity contribution is 0.0684. The number of ether oxygens (including phenoxy) is 1. The Bertz CT molecular complexity index is 846. The first-order valence-electron chi connectivity index (χ1n) is 9.07. The molecule has 11 heteroatoms. The van der Waals surface area contributed by atoms with Crippen LogP contribution in [0.5, 0.6) is 0 Å². The van der Waals surface area contributed by atoms with E-state index in [4.69, 9.17) is 10.5 Å². The van der Waals surface area contributed by atoms with Crippen molar-refractivity contribution in [2.24, 2.45) is 17.6 Å². The fraction of sp³-hybridized carbons (Fsp3) is 0.750. The fourth-order valence-corrected chi connectivity index (χ4v) is 8.43. The SMILES string of the molecule is C[C@@H]1C[C@H](CS(=O)(=O)c2ccc(CN)s2)CN(S(=O)(=O)N2CCOCC2)C1. The molecule has 8 nitrogen and oxygen atoms in total.